The van der Waals surface area contributed by atoms with E-state index < -0.39 is 11.5 Å². The van der Waals surface area contributed by atoms with Crippen LogP contribution in [0.1, 0.15) is 16.2 Å². The zero-order chi connectivity index (χ0) is 14.7. The van der Waals surface area contributed by atoms with Gasteiger partial charge in [0.05, 0.1) is 17.6 Å². The number of rotatable bonds is 3. The lowest BCUT2D eigenvalue weighted by Gasteiger charge is -2.04. The smallest absolute Gasteiger partial charge is 0.344 e. The Labute approximate surface area is 120 Å². The van der Waals surface area contributed by atoms with Crippen LogP contribution in [0.4, 0.5) is 0 Å². The SMILES string of the molecule is O=C(NCc1ccccn1)c1cc2ccccc2c(=O)o1. The van der Waals surface area contributed by atoms with Gasteiger partial charge < -0.3 is 9.73 Å². The fourth-order valence-electron chi connectivity index (χ4n) is 2.01. The molecule has 0 unspecified atom stereocenters. The van der Waals surface area contributed by atoms with E-state index in [0.717, 1.165) is 5.69 Å². The third-order valence-corrected chi connectivity index (χ3v) is 3.05. The van der Waals surface area contributed by atoms with Crippen LogP contribution in [0.3, 0.4) is 0 Å². The number of aromatic nitrogens is 1. The fraction of sp³-hybridized carbons (Fsp3) is 0.0625. The van der Waals surface area contributed by atoms with Gasteiger partial charge in [-0.3, -0.25) is 9.78 Å². The number of fused-ring (bicyclic) bond motifs is 1. The van der Waals surface area contributed by atoms with Gasteiger partial charge in [-0.1, -0.05) is 24.3 Å². The maximum atomic E-state index is 12.0. The van der Waals surface area contributed by atoms with Gasteiger partial charge in [-0.2, -0.15) is 0 Å². The number of carbonyl (C=O) groups excluding carboxylic acids is 1. The van der Waals surface area contributed by atoms with Gasteiger partial charge in [0.15, 0.2) is 5.76 Å². The third kappa shape index (κ3) is 2.81. The molecule has 0 aliphatic heterocycles. The molecule has 0 aliphatic rings. The minimum atomic E-state index is -0.518. The Kier molecular flexibility index (Phi) is 3.47. The number of carbonyl (C=O) groups is 1. The van der Waals surface area contributed by atoms with Crippen molar-refractivity contribution in [2.24, 2.45) is 0 Å². The van der Waals surface area contributed by atoms with Gasteiger partial charge in [-0.25, -0.2) is 4.79 Å². The van der Waals surface area contributed by atoms with Gasteiger partial charge in [0.25, 0.3) is 5.91 Å². The molecule has 2 heterocycles. The summed E-state index contributed by atoms with van der Waals surface area (Å²) < 4.78 is 5.05. The number of nitrogens with one attached hydrogen (secondary N) is 1. The Morgan fingerprint density at radius 2 is 1.95 bits per heavy atom. The van der Waals surface area contributed by atoms with Crippen molar-refractivity contribution in [1.82, 2.24) is 10.3 Å². The van der Waals surface area contributed by atoms with E-state index in [2.05, 4.69) is 10.3 Å². The summed E-state index contributed by atoms with van der Waals surface area (Å²) in [6.45, 7) is 0.274. The highest BCUT2D eigenvalue weighted by molar-refractivity contribution is 5.95. The first-order valence-electron chi connectivity index (χ1n) is 6.45. The Morgan fingerprint density at radius 1 is 1.14 bits per heavy atom. The minimum Gasteiger partial charge on any atom is -0.417 e. The van der Waals surface area contributed by atoms with Gasteiger partial charge in [-0.05, 0) is 29.7 Å². The Hall–Kier alpha value is -2.95. The van der Waals surface area contributed by atoms with Crippen molar-refractivity contribution < 1.29 is 9.21 Å². The molecule has 1 N–H and O–H groups in total. The molecule has 0 radical (unpaired) electrons. The van der Waals surface area contributed by atoms with Crippen LogP contribution in [0.5, 0.6) is 0 Å². The van der Waals surface area contributed by atoms with Crippen molar-refractivity contribution in [1.29, 1.82) is 0 Å². The molecular formula is C16H12N2O3. The van der Waals surface area contributed by atoms with Crippen LogP contribution in [-0.2, 0) is 6.54 Å². The Morgan fingerprint density at radius 3 is 2.76 bits per heavy atom. The zero-order valence-corrected chi connectivity index (χ0v) is 11.1. The van der Waals surface area contributed by atoms with E-state index >= 15 is 0 Å². The second-order valence-electron chi connectivity index (χ2n) is 4.49. The molecule has 0 saturated heterocycles. The second kappa shape index (κ2) is 5.58. The number of amides is 1. The molecule has 21 heavy (non-hydrogen) atoms. The van der Waals surface area contributed by atoms with Crippen molar-refractivity contribution in [2.45, 2.75) is 6.54 Å². The molecule has 3 aromatic rings. The normalized spacial score (nSPS) is 10.5. The molecule has 0 atom stereocenters. The first-order valence-corrected chi connectivity index (χ1v) is 6.45. The number of hydrogen-bond acceptors (Lipinski definition) is 4. The molecule has 1 amide bonds. The minimum absolute atomic E-state index is 0.00497. The quantitative estimate of drug-likeness (QED) is 0.797. The average Bonchev–Trinajstić information content (AvgIpc) is 2.53. The summed E-state index contributed by atoms with van der Waals surface area (Å²) in [5.74, 6) is -0.446. The van der Waals surface area contributed by atoms with E-state index in [4.69, 9.17) is 4.42 Å². The molecule has 0 spiro atoms. The van der Waals surface area contributed by atoms with Gasteiger partial charge in [0, 0.05) is 6.20 Å². The highest BCUT2D eigenvalue weighted by Gasteiger charge is 2.11. The first kappa shape index (κ1) is 13.1. The summed E-state index contributed by atoms with van der Waals surface area (Å²) in [5, 5.41) is 3.81. The van der Waals surface area contributed by atoms with Gasteiger partial charge >= 0.3 is 5.63 Å². The molecule has 5 heteroatoms. The van der Waals surface area contributed by atoms with Crippen LogP contribution >= 0.6 is 0 Å². The van der Waals surface area contributed by atoms with Crippen LogP contribution < -0.4 is 10.9 Å². The van der Waals surface area contributed by atoms with Gasteiger partial charge in [0.2, 0.25) is 0 Å². The van der Waals surface area contributed by atoms with Crippen molar-refractivity contribution in [3.63, 3.8) is 0 Å². The largest absolute Gasteiger partial charge is 0.417 e. The molecule has 0 aliphatic carbocycles. The monoisotopic (exact) mass is 280 g/mol. The molecular weight excluding hydrogens is 268 g/mol. The maximum Gasteiger partial charge on any atom is 0.344 e. The topological polar surface area (TPSA) is 72.2 Å². The van der Waals surface area contributed by atoms with E-state index in [1.165, 1.54) is 0 Å². The summed E-state index contributed by atoms with van der Waals surface area (Å²) in [6, 6.07) is 14.0. The summed E-state index contributed by atoms with van der Waals surface area (Å²) in [7, 11) is 0. The molecule has 3 rings (SSSR count). The predicted molar refractivity (Wildman–Crippen MR) is 77.9 cm³/mol. The number of nitrogens with zero attached hydrogens (tertiary/aromatic N) is 1. The molecule has 0 saturated carbocycles. The van der Waals surface area contributed by atoms with Crippen LogP contribution in [0.2, 0.25) is 0 Å². The molecule has 1 aromatic carbocycles. The third-order valence-electron chi connectivity index (χ3n) is 3.05. The number of hydrogen-bond donors (Lipinski definition) is 1. The van der Waals surface area contributed by atoms with Crippen molar-refractivity contribution in [3.8, 4) is 0 Å². The summed E-state index contributed by atoms with van der Waals surface area (Å²) >= 11 is 0. The molecule has 0 fully saturated rings. The van der Waals surface area contributed by atoms with E-state index in [0.29, 0.717) is 10.8 Å². The lowest BCUT2D eigenvalue weighted by atomic mass is 10.1. The van der Waals surface area contributed by atoms with Gasteiger partial charge in [-0.15, -0.1) is 0 Å². The van der Waals surface area contributed by atoms with Crippen molar-refractivity contribution >= 4 is 16.7 Å². The van der Waals surface area contributed by atoms with E-state index in [1.54, 1.807) is 48.7 Å². The standard InChI is InChI=1S/C16H12N2O3/c19-15(18-10-12-6-3-4-8-17-12)14-9-11-5-1-2-7-13(11)16(20)21-14/h1-9H,10H2,(H,18,19). The van der Waals surface area contributed by atoms with Crippen molar-refractivity contribution in [3.05, 3.63) is 76.6 Å². The lowest BCUT2D eigenvalue weighted by molar-refractivity contribution is 0.0919. The van der Waals surface area contributed by atoms with E-state index in [1.807, 2.05) is 6.07 Å². The second-order valence-corrected chi connectivity index (χ2v) is 4.49. The summed E-state index contributed by atoms with van der Waals surface area (Å²) in [5.41, 5.74) is 0.213. The molecule has 2 aromatic heterocycles. The van der Waals surface area contributed by atoms with Crippen LogP contribution in [0.15, 0.2) is 63.9 Å². The van der Waals surface area contributed by atoms with Crippen LogP contribution in [0.25, 0.3) is 10.8 Å². The van der Waals surface area contributed by atoms with Gasteiger partial charge in [0.1, 0.15) is 0 Å². The van der Waals surface area contributed by atoms with Crippen LogP contribution in [-0.4, -0.2) is 10.9 Å². The molecule has 0 bridgehead atoms. The number of benzene rings is 1. The first-order chi connectivity index (χ1) is 10.2. The highest BCUT2D eigenvalue weighted by atomic mass is 16.4. The predicted octanol–water partition coefficient (Wildman–Crippen LogP) is 2.12. The fourth-order valence-corrected chi connectivity index (χ4v) is 2.01. The highest BCUT2D eigenvalue weighted by Crippen LogP contribution is 2.11. The summed E-state index contributed by atoms with van der Waals surface area (Å²) in [6.07, 6.45) is 1.65. The zero-order valence-electron chi connectivity index (χ0n) is 11.1. The Bertz CT molecular complexity index is 841. The maximum absolute atomic E-state index is 12.0. The van der Waals surface area contributed by atoms with E-state index in [-0.39, 0.29) is 12.3 Å². The lowest BCUT2D eigenvalue weighted by Crippen LogP contribution is -2.24. The van der Waals surface area contributed by atoms with Crippen molar-refractivity contribution in [2.75, 3.05) is 0 Å². The molecule has 104 valence electrons. The molecule has 5 nitrogen and oxygen atoms in total. The van der Waals surface area contributed by atoms with E-state index in [9.17, 15) is 9.59 Å². The Balaban J connectivity index is 1.83. The summed E-state index contributed by atoms with van der Waals surface area (Å²) in [4.78, 5) is 28.0. The number of pyridine rings is 1. The average molecular weight is 280 g/mol. The van der Waals surface area contributed by atoms with Crippen LogP contribution in [0, 0.1) is 0 Å².